The maximum atomic E-state index is 6.02. The Kier molecular flexibility index (Phi) is 3.69. The predicted molar refractivity (Wildman–Crippen MR) is 80.3 cm³/mol. The average Bonchev–Trinajstić information content (AvgIpc) is 2.46. The molecule has 20 heavy (non-hydrogen) atoms. The van der Waals surface area contributed by atoms with Crippen molar-refractivity contribution in [1.29, 1.82) is 0 Å². The van der Waals surface area contributed by atoms with Gasteiger partial charge in [0.2, 0.25) is 0 Å². The van der Waals surface area contributed by atoms with Crippen LogP contribution in [0.3, 0.4) is 0 Å². The average molecular weight is 336 g/mol. The Morgan fingerprint density at radius 3 is 2.55 bits per heavy atom. The van der Waals surface area contributed by atoms with Gasteiger partial charge in [-0.3, -0.25) is 0 Å². The lowest BCUT2D eigenvalue weighted by atomic mass is 10.1. The first-order valence-electron chi connectivity index (χ1n) is 6.29. The van der Waals surface area contributed by atoms with Crippen molar-refractivity contribution >= 4 is 21.6 Å². The Morgan fingerprint density at radius 1 is 1.10 bits per heavy atom. The van der Waals surface area contributed by atoms with Crippen LogP contribution >= 0.6 is 15.9 Å². The maximum absolute atomic E-state index is 6.02. The van der Waals surface area contributed by atoms with Gasteiger partial charge in [-0.2, -0.15) is 0 Å². The van der Waals surface area contributed by atoms with E-state index in [0.29, 0.717) is 31.3 Å². The van der Waals surface area contributed by atoms with E-state index in [1.807, 2.05) is 30.3 Å². The number of hydrogen-bond acceptors (Lipinski definition) is 4. The monoisotopic (exact) mass is 335 g/mol. The maximum Gasteiger partial charge on any atom is 0.163 e. The van der Waals surface area contributed by atoms with Crippen molar-refractivity contribution in [3.63, 3.8) is 0 Å². The number of fused-ring (bicyclic) bond motifs is 1. The molecule has 0 saturated carbocycles. The topological polar surface area (TPSA) is 53.7 Å². The Hall–Kier alpha value is -1.88. The molecule has 3 rings (SSSR count). The minimum absolute atomic E-state index is 0.380. The van der Waals surface area contributed by atoms with Crippen LogP contribution in [0.5, 0.6) is 17.2 Å². The fraction of sp³-hybridized carbons (Fsp3) is 0.200. The molecule has 0 saturated heterocycles. The zero-order valence-corrected chi connectivity index (χ0v) is 12.4. The van der Waals surface area contributed by atoms with Crippen LogP contribution in [-0.2, 0) is 6.61 Å². The summed E-state index contributed by atoms with van der Waals surface area (Å²) in [5.74, 6) is 2.19. The SMILES string of the molecule is Nc1cc2c(cc1COc1ccccc1Br)OCCO2. The normalized spacial score (nSPS) is 13.1. The summed E-state index contributed by atoms with van der Waals surface area (Å²) in [7, 11) is 0. The summed E-state index contributed by atoms with van der Waals surface area (Å²) in [6.45, 7) is 1.49. The van der Waals surface area contributed by atoms with Crippen LogP contribution in [0.4, 0.5) is 5.69 Å². The number of nitrogens with two attached hydrogens (primary N) is 1. The van der Waals surface area contributed by atoms with Gasteiger partial charge in [0.25, 0.3) is 0 Å². The van der Waals surface area contributed by atoms with Crippen LogP contribution in [0, 0.1) is 0 Å². The van der Waals surface area contributed by atoms with Gasteiger partial charge in [-0.15, -0.1) is 0 Å². The van der Waals surface area contributed by atoms with Crippen molar-refractivity contribution in [2.75, 3.05) is 18.9 Å². The summed E-state index contributed by atoms with van der Waals surface area (Å²) in [4.78, 5) is 0. The number of hydrogen-bond donors (Lipinski definition) is 1. The van der Waals surface area contributed by atoms with E-state index in [9.17, 15) is 0 Å². The first-order chi connectivity index (χ1) is 9.74. The number of nitrogen functional groups attached to an aromatic ring is 1. The molecule has 1 aliphatic rings. The van der Waals surface area contributed by atoms with Gasteiger partial charge >= 0.3 is 0 Å². The quantitative estimate of drug-likeness (QED) is 0.873. The number of halogens is 1. The highest BCUT2D eigenvalue weighted by atomic mass is 79.9. The number of rotatable bonds is 3. The minimum atomic E-state index is 0.380. The smallest absolute Gasteiger partial charge is 0.163 e. The van der Waals surface area contributed by atoms with E-state index in [2.05, 4.69) is 15.9 Å². The van der Waals surface area contributed by atoms with Crippen molar-refractivity contribution in [2.45, 2.75) is 6.61 Å². The fourth-order valence-corrected chi connectivity index (χ4v) is 2.39. The van der Waals surface area contributed by atoms with E-state index in [1.54, 1.807) is 6.07 Å². The first kappa shape index (κ1) is 13.1. The van der Waals surface area contributed by atoms with Crippen molar-refractivity contribution < 1.29 is 14.2 Å². The zero-order valence-electron chi connectivity index (χ0n) is 10.8. The van der Waals surface area contributed by atoms with E-state index < -0.39 is 0 Å². The van der Waals surface area contributed by atoms with Gasteiger partial charge in [-0.05, 0) is 34.1 Å². The van der Waals surface area contributed by atoms with Crippen molar-refractivity contribution in [2.24, 2.45) is 0 Å². The molecule has 2 aromatic carbocycles. The van der Waals surface area contributed by atoms with Crippen LogP contribution in [0.15, 0.2) is 40.9 Å². The fourth-order valence-electron chi connectivity index (χ4n) is 1.99. The Balaban J connectivity index is 1.79. The van der Waals surface area contributed by atoms with Crippen LogP contribution in [0.1, 0.15) is 5.56 Å². The van der Waals surface area contributed by atoms with Crippen LogP contribution in [-0.4, -0.2) is 13.2 Å². The summed E-state index contributed by atoms with van der Waals surface area (Å²) < 4.78 is 17.7. The van der Waals surface area contributed by atoms with Gasteiger partial charge < -0.3 is 19.9 Å². The highest BCUT2D eigenvalue weighted by Crippen LogP contribution is 2.35. The lowest BCUT2D eigenvalue weighted by Gasteiger charge is -2.20. The molecule has 0 unspecified atom stereocenters. The number of para-hydroxylation sites is 1. The molecule has 0 atom stereocenters. The van der Waals surface area contributed by atoms with Gasteiger partial charge in [0.05, 0.1) is 4.47 Å². The molecule has 0 aliphatic carbocycles. The summed E-state index contributed by atoms with van der Waals surface area (Å²) in [5, 5.41) is 0. The molecule has 1 heterocycles. The van der Waals surface area contributed by atoms with Crippen molar-refractivity contribution in [3.05, 3.63) is 46.4 Å². The van der Waals surface area contributed by atoms with Gasteiger partial charge in [0.15, 0.2) is 11.5 Å². The molecule has 4 nitrogen and oxygen atoms in total. The third-order valence-corrected chi connectivity index (χ3v) is 3.68. The second-order valence-corrected chi connectivity index (χ2v) is 5.27. The Bertz CT molecular complexity index is 631. The number of benzene rings is 2. The minimum Gasteiger partial charge on any atom is -0.488 e. The number of anilines is 1. The molecular formula is C15H14BrNO3. The van der Waals surface area contributed by atoms with E-state index in [4.69, 9.17) is 19.9 Å². The van der Waals surface area contributed by atoms with Gasteiger partial charge in [0, 0.05) is 17.3 Å². The second kappa shape index (κ2) is 5.63. The molecule has 0 spiro atoms. The van der Waals surface area contributed by atoms with Gasteiger partial charge in [-0.1, -0.05) is 12.1 Å². The highest BCUT2D eigenvalue weighted by molar-refractivity contribution is 9.10. The number of ether oxygens (including phenoxy) is 3. The Morgan fingerprint density at radius 2 is 1.80 bits per heavy atom. The van der Waals surface area contributed by atoms with E-state index in [1.165, 1.54) is 0 Å². The molecule has 1 aliphatic heterocycles. The lowest BCUT2D eigenvalue weighted by molar-refractivity contribution is 0.171. The van der Waals surface area contributed by atoms with Crippen molar-refractivity contribution in [1.82, 2.24) is 0 Å². The third-order valence-electron chi connectivity index (χ3n) is 3.02. The molecule has 0 bridgehead atoms. The highest BCUT2D eigenvalue weighted by Gasteiger charge is 2.15. The predicted octanol–water partition coefficient (Wildman–Crippen LogP) is 3.38. The second-order valence-electron chi connectivity index (χ2n) is 4.41. The van der Waals surface area contributed by atoms with Gasteiger partial charge in [0.1, 0.15) is 25.6 Å². The molecule has 0 radical (unpaired) electrons. The van der Waals surface area contributed by atoms with Crippen LogP contribution in [0.25, 0.3) is 0 Å². The largest absolute Gasteiger partial charge is 0.488 e. The van der Waals surface area contributed by atoms with Crippen molar-refractivity contribution in [3.8, 4) is 17.2 Å². The third kappa shape index (κ3) is 2.67. The summed E-state index contributed by atoms with van der Waals surface area (Å²) in [6.07, 6.45) is 0. The molecule has 5 heteroatoms. The molecule has 0 amide bonds. The molecule has 0 aromatic heterocycles. The standard InChI is InChI=1S/C15H14BrNO3/c16-11-3-1-2-4-13(11)20-9-10-7-14-15(8-12(10)17)19-6-5-18-14/h1-4,7-8H,5-6,9,17H2. The van der Waals surface area contributed by atoms with Gasteiger partial charge in [-0.25, -0.2) is 0 Å². The van der Waals surface area contributed by atoms with E-state index >= 15 is 0 Å². The molecule has 2 N–H and O–H groups in total. The first-order valence-corrected chi connectivity index (χ1v) is 7.08. The molecule has 0 fully saturated rings. The molecule has 2 aromatic rings. The van der Waals surface area contributed by atoms with Crippen LogP contribution in [0.2, 0.25) is 0 Å². The zero-order chi connectivity index (χ0) is 13.9. The summed E-state index contributed by atoms with van der Waals surface area (Å²) in [6, 6.07) is 11.4. The summed E-state index contributed by atoms with van der Waals surface area (Å²) >= 11 is 3.45. The van der Waals surface area contributed by atoms with E-state index in [-0.39, 0.29) is 0 Å². The molecule has 104 valence electrons. The van der Waals surface area contributed by atoms with E-state index in [0.717, 1.165) is 21.5 Å². The summed E-state index contributed by atoms with van der Waals surface area (Å²) in [5.41, 5.74) is 7.54. The van der Waals surface area contributed by atoms with Crippen LogP contribution < -0.4 is 19.9 Å². The lowest BCUT2D eigenvalue weighted by Crippen LogP contribution is -2.16. The Labute approximate surface area is 125 Å². The molecular weight excluding hydrogens is 322 g/mol.